The van der Waals surface area contributed by atoms with E-state index in [1.54, 1.807) is 6.92 Å². The van der Waals surface area contributed by atoms with E-state index in [0.29, 0.717) is 0 Å². The number of carbonyl (C=O) groups is 1. The number of hydrogen-bond donors (Lipinski definition) is 2. The van der Waals surface area contributed by atoms with Gasteiger partial charge in [-0.3, -0.25) is 10.2 Å². The first-order valence-electron chi connectivity index (χ1n) is 2.55. The summed E-state index contributed by atoms with van der Waals surface area (Å²) >= 11 is 0. The molecule has 0 aromatic rings. The minimum Gasteiger partial charge on any atom is -0.455 e. The molecule has 1 atom stereocenters. The van der Waals surface area contributed by atoms with Crippen molar-refractivity contribution in [3.05, 3.63) is 0 Å². The van der Waals surface area contributed by atoms with Gasteiger partial charge in [-0.2, -0.15) is 0 Å². The van der Waals surface area contributed by atoms with Crippen LogP contribution in [0.1, 0.15) is 13.8 Å². The molecule has 0 heterocycles. The molecular formula is C5H11ClN2O2. The number of esters is 1. The van der Waals surface area contributed by atoms with Crippen molar-refractivity contribution in [3.63, 3.8) is 0 Å². The number of nitrogens with one attached hydrogen (secondary N) is 1. The second kappa shape index (κ2) is 5.05. The Morgan fingerprint density at radius 1 is 1.70 bits per heavy atom. The summed E-state index contributed by atoms with van der Waals surface area (Å²) in [6.07, 6.45) is -0.595. The van der Waals surface area contributed by atoms with Gasteiger partial charge in [0.1, 0.15) is 5.84 Å². The number of hydrogen-bond acceptors (Lipinski definition) is 3. The van der Waals surface area contributed by atoms with Crippen LogP contribution >= 0.6 is 12.4 Å². The normalized spacial score (nSPS) is 11.0. The molecule has 0 saturated carbocycles. The SMILES string of the molecule is CC(=O)OC(C)C(=N)N.Cl. The molecule has 0 radical (unpaired) electrons. The molecule has 0 rings (SSSR count). The van der Waals surface area contributed by atoms with Crippen LogP contribution in [0.25, 0.3) is 0 Å². The summed E-state index contributed by atoms with van der Waals surface area (Å²) in [6.45, 7) is 2.82. The molecule has 4 nitrogen and oxygen atoms in total. The highest BCUT2D eigenvalue weighted by molar-refractivity contribution is 5.85. The zero-order valence-corrected chi connectivity index (χ0v) is 6.70. The lowest BCUT2D eigenvalue weighted by Gasteiger charge is -2.07. The van der Waals surface area contributed by atoms with Gasteiger partial charge in [0.15, 0.2) is 6.10 Å². The monoisotopic (exact) mass is 166 g/mol. The molecule has 0 aromatic carbocycles. The summed E-state index contributed by atoms with van der Waals surface area (Å²) in [5, 5.41) is 6.79. The second-order valence-electron chi connectivity index (χ2n) is 1.71. The Morgan fingerprint density at radius 2 is 2.10 bits per heavy atom. The van der Waals surface area contributed by atoms with E-state index in [2.05, 4.69) is 4.74 Å². The Balaban J connectivity index is 0. The number of carbonyl (C=O) groups excluding carboxylic acids is 1. The molecule has 3 N–H and O–H groups in total. The number of amidine groups is 1. The Kier molecular flexibility index (Phi) is 6.04. The molecule has 10 heavy (non-hydrogen) atoms. The quantitative estimate of drug-likeness (QED) is 0.352. The van der Waals surface area contributed by atoms with Crippen molar-refractivity contribution in [2.45, 2.75) is 20.0 Å². The fraction of sp³-hybridized carbons (Fsp3) is 0.600. The van der Waals surface area contributed by atoms with Crippen LogP contribution in [0.3, 0.4) is 0 Å². The highest BCUT2D eigenvalue weighted by Gasteiger charge is 2.06. The van der Waals surface area contributed by atoms with Gasteiger partial charge >= 0.3 is 5.97 Å². The Bertz CT molecular complexity index is 138. The number of nitrogens with two attached hydrogens (primary N) is 1. The van der Waals surface area contributed by atoms with Crippen molar-refractivity contribution in [3.8, 4) is 0 Å². The van der Waals surface area contributed by atoms with Crippen LogP contribution in [0.5, 0.6) is 0 Å². The maximum absolute atomic E-state index is 10.2. The molecule has 0 fully saturated rings. The largest absolute Gasteiger partial charge is 0.455 e. The van der Waals surface area contributed by atoms with Gasteiger partial charge in [0, 0.05) is 6.92 Å². The first-order chi connectivity index (χ1) is 4.04. The van der Waals surface area contributed by atoms with Crippen LogP contribution in [0.2, 0.25) is 0 Å². The van der Waals surface area contributed by atoms with Crippen molar-refractivity contribution in [1.82, 2.24) is 0 Å². The molecular weight excluding hydrogens is 156 g/mol. The fourth-order valence-electron chi connectivity index (χ4n) is 0.312. The molecule has 0 spiro atoms. The molecule has 0 aliphatic heterocycles. The van der Waals surface area contributed by atoms with E-state index < -0.39 is 12.1 Å². The van der Waals surface area contributed by atoms with E-state index in [1.165, 1.54) is 6.92 Å². The van der Waals surface area contributed by atoms with Gasteiger partial charge in [-0.05, 0) is 6.92 Å². The van der Waals surface area contributed by atoms with Crippen LogP contribution in [0, 0.1) is 5.41 Å². The van der Waals surface area contributed by atoms with Gasteiger partial charge in [-0.25, -0.2) is 0 Å². The second-order valence-corrected chi connectivity index (χ2v) is 1.71. The standard InChI is InChI=1S/C5H10N2O2.ClH/c1-3(5(6)7)9-4(2)8;/h3H,1-2H3,(H3,6,7);1H. The average Bonchev–Trinajstić information content (AvgIpc) is 1.63. The van der Waals surface area contributed by atoms with Crippen LogP contribution in [-0.4, -0.2) is 17.9 Å². The van der Waals surface area contributed by atoms with Crippen molar-refractivity contribution < 1.29 is 9.53 Å². The molecule has 0 aliphatic rings. The molecule has 0 saturated heterocycles. The topological polar surface area (TPSA) is 76.2 Å². The van der Waals surface area contributed by atoms with E-state index in [4.69, 9.17) is 11.1 Å². The maximum atomic E-state index is 10.2. The third-order valence-corrected chi connectivity index (χ3v) is 0.781. The molecule has 0 bridgehead atoms. The zero-order chi connectivity index (χ0) is 7.44. The van der Waals surface area contributed by atoms with Crippen molar-refractivity contribution in [2.24, 2.45) is 5.73 Å². The van der Waals surface area contributed by atoms with Crippen LogP contribution < -0.4 is 5.73 Å². The summed E-state index contributed by atoms with van der Waals surface area (Å²) in [4.78, 5) is 10.2. The van der Waals surface area contributed by atoms with Crippen LogP contribution in [0.4, 0.5) is 0 Å². The minimum absolute atomic E-state index is 0. The Labute approximate surface area is 65.7 Å². The lowest BCUT2D eigenvalue weighted by atomic mass is 10.4. The van der Waals surface area contributed by atoms with E-state index in [-0.39, 0.29) is 18.2 Å². The first kappa shape index (κ1) is 12.0. The number of halogens is 1. The van der Waals surface area contributed by atoms with Crippen LogP contribution in [-0.2, 0) is 9.53 Å². The molecule has 0 aromatic heterocycles. The highest BCUT2D eigenvalue weighted by Crippen LogP contribution is 1.88. The van der Waals surface area contributed by atoms with Gasteiger partial charge in [-0.1, -0.05) is 0 Å². The smallest absolute Gasteiger partial charge is 0.303 e. The summed E-state index contributed by atoms with van der Waals surface area (Å²) in [7, 11) is 0. The summed E-state index contributed by atoms with van der Waals surface area (Å²) in [5.74, 6) is -0.553. The van der Waals surface area contributed by atoms with Crippen molar-refractivity contribution >= 4 is 24.2 Å². The number of ether oxygens (including phenoxy) is 1. The van der Waals surface area contributed by atoms with E-state index >= 15 is 0 Å². The summed E-state index contributed by atoms with van der Waals surface area (Å²) in [5.41, 5.74) is 4.99. The fourth-order valence-corrected chi connectivity index (χ4v) is 0.312. The predicted molar refractivity (Wildman–Crippen MR) is 40.4 cm³/mol. The van der Waals surface area contributed by atoms with Crippen molar-refractivity contribution in [1.29, 1.82) is 5.41 Å². The van der Waals surface area contributed by atoms with Gasteiger partial charge in [-0.15, -0.1) is 12.4 Å². The molecule has 0 aliphatic carbocycles. The third kappa shape index (κ3) is 5.37. The lowest BCUT2D eigenvalue weighted by molar-refractivity contribution is -0.142. The highest BCUT2D eigenvalue weighted by atomic mass is 35.5. The third-order valence-electron chi connectivity index (χ3n) is 0.781. The first-order valence-corrected chi connectivity index (χ1v) is 2.55. The van der Waals surface area contributed by atoms with E-state index in [1.807, 2.05) is 0 Å². The van der Waals surface area contributed by atoms with Gasteiger partial charge in [0.2, 0.25) is 0 Å². The minimum atomic E-state index is -0.595. The molecule has 0 amide bonds. The summed E-state index contributed by atoms with van der Waals surface area (Å²) in [6, 6.07) is 0. The van der Waals surface area contributed by atoms with Gasteiger partial charge < -0.3 is 10.5 Å². The van der Waals surface area contributed by atoms with Gasteiger partial charge in [0.05, 0.1) is 0 Å². The Hall–Kier alpha value is -0.770. The lowest BCUT2D eigenvalue weighted by Crippen LogP contribution is -2.28. The predicted octanol–water partition coefficient (Wildman–Crippen LogP) is 0.296. The maximum Gasteiger partial charge on any atom is 0.303 e. The van der Waals surface area contributed by atoms with E-state index in [9.17, 15) is 4.79 Å². The molecule has 60 valence electrons. The molecule has 1 unspecified atom stereocenters. The van der Waals surface area contributed by atoms with Crippen LogP contribution in [0.15, 0.2) is 0 Å². The number of rotatable bonds is 2. The Morgan fingerprint density at radius 3 is 2.20 bits per heavy atom. The van der Waals surface area contributed by atoms with Crippen molar-refractivity contribution in [2.75, 3.05) is 0 Å². The zero-order valence-electron chi connectivity index (χ0n) is 5.88. The summed E-state index contributed by atoms with van der Waals surface area (Å²) < 4.78 is 4.52. The van der Waals surface area contributed by atoms with Gasteiger partial charge in [0.25, 0.3) is 0 Å². The average molecular weight is 167 g/mol. The molecule has 5 heteroatoms. The van der Waals surface area contributed by atoms with E-state index in [0.717, 1.165) is 0 Å².